The van der Waals surface area contributed by atoms with Crippen molar-refractivity contribution in [2.75, 3.05) is 0 Å². The van der Waals surface area contributed by atoms with Crippen LogP contribution in [0.5, 0.6) is 0 Å². The summed E-state index contributed by atoms with van der Waals surface area (Å²) in [4.78, 5) is 0. The Bertz CT molecular complexity index is 428. The van der Waals surface area contributed by atoms with E-state index in [1.54, 1.807) is 5.56 Å². The Morgan fingerprint density at radius 3 is 2.37 bits per heavy atom. The van der Waals surface area contributed by atoms with E-state index in [1.807, 2.05) is 0 Å². The summed E-state index contributed by atoms with van der Waals surface area (Å²) in [6, 6.07) is 9.26. The quantitative estimate of drug-likeness (QED) is 0.613. The molecule has 2 fully saturated rings. The molecule has 0 radical (unpaired) electrons. The fourth-order valence-electron chi connectivity index (χ4n) is 4.28. The van der Waals surface area contributed by atoms with Crippen LogP contribution in [0.2, 0.25) is 0 Å². The van der Waals surface area contributed by atoms with Gasteiger partial charge >= 0.3 is 0 Å². The monoisotopic (exact) mass is 254 g/mol. The van der Waals surface area contributed by atoms with E-state index in [-0.39, 0.29) is 0 Å². The van der Waals surface area contributed by atoms with E-state index in [9.17, 15) is 0 Å². The van der Waals surface area contributed by atoms with Crippen LogP contribution in [0.1, 0.15) is 55.6 Å². The van der Waals surface area contributed by atoms with Crippen LogP contribution < -0.4 is 0 Å². The molecule has 1 aromatic rings. The van der Waals surface area contributed by atoms with Crippen LogP contribution in [0.3, 0.4) is 0 Å². The molecule has 0 amide bonds. The van der Waals surface area contributed by atoms with E-state index >= 15 is 0 Å². The summed E-state index contributed by atoms with van der Waals surface area (Å²) in [6.45, 7) is 6.17. The Morgan fingerprint density at radius 2 is 1.63 bits per heavy atom. The van der Waals surface area contributed by atoms with Crippen molar-refractivity contribution in [3.63, 3.8) is 0 Å². The maximum absolute atomic E-state index is 3.99. The molecule has 2 aliphatic rings. The molecule has 0 saturated heterocycles. The summed E-state index contributed by atoms with van der Waals surface area (Å²) in [6.07, 6.45) is 10.7. The van der Waals surface area contributed by atoms with Crippen molar-refractivity contribution in [3.8, 4) is 0 Å². The molecule has 0 heteroatoms. The molecule has 0 spiro atoms. The first kappa shape index (κ1) is 13.0. The number of rotatable bonds is 2. The van der Waals surface area contributed by atoms with Crippen molar-refractivity contribution in [1.82, 2.24) is 0 Å². The number of benzene rings is 1. The molecule has 2 saturated carbocycles. The highest BCUT2D eigenvalue weighted by Gasteiger charge is 2.35. The molecule has 4 atom stereocenters. The first-order valence-corrected chi connectivity index (χ1v) is 7.95. The number of hydrogen-bond acceptors (Lipinski definition) is 0. The largest absolute Gasteiger partial charge is 0.103 e. The summed E-state index contributed by atoms with van der Waals surface area (Å²) in [5.74, 6) is 3.59. The van der Waals surface area contributed by atoms with Crippen LogP contribution in [0.4, 0.5) is 0 Å². The van der Waals surface area contributed by atoms with Gasteiger partial charge in [0.15, 0.2) is 0 Å². The van der Waals surface area contributed by atoms with Crippen molar-refractivity contribution in [1.29, 1.82) is 0 Å². The second kappa shape index (κ2) is 5.53. The van der Waals surface area contributed by atoms with Crippen molar-refractivity contribution < 1.29 is 0 Å². The van der Waals surface area contributed by atoms with Crippen LogP contribution in [-0.4, -0.2) is 0 Å². The molecular weight excluding hydrogens is 228 g/mol. The van der Waals surface area contributed by atoms with E-state index in [0.29, 0.717) is 0 Å². The normalized spacial score (nSPS) is 34.6. The lowest BCUT2D eigenvalue weighted by molar-refractivity contribution is 0.133. The molecule has 0 aliphatic heterocycles. The highest BCUT2D eigenvalue weighted by atomic mass is 14.4. The van der Waals surface area contributed by atoms with Gasteiger partial charge in [-0.2, -0.15) is 0 Å². The van der Waals surface area contributed by atoms with Gasteiger partial charge in [0.1, 0.15) is 0 Å². The first-order valence-electron chi connectivity index (χ1n) is 7.95. The standard InChI is InChI=1S/C19H26/c1-3-15-6-9-19-13-18(11-10-17(19)12-15)16-7-4-14(2)5-8-16/h3-5,7-8,15,17-19H,1,6,9-13H2,2H3/t15-,17-,18?,19-/m1/s1. The lowest BCUT2D eigenvalue weighted by atomic mass is 9.64. The zero-order valence-corrected chi connectivity index (χ0v) is 12.1. The average Bonchev–Trinajstić information content (AvgIpc) is 2.47. The summed E-state index contributed by atoms with van der Waals surface area (Å²) < 4.78 is 0. The van der Waals surface area contributed by atoms with E-state index < -0.39 is 0 Å². The average molecular weight is 254 g/mol. The fraction of sp³-hybridized carbons (Fsp3) is 0.579. The molecule has 0 aromatic heterocycles. The molecule has 102 valence electrons. The van der Waals surface area contributed by atoms with E-state index in [4.69, 9.17) is 0 Å². The lowest BCUT2D eigenvalue weighted by Gasteiger charge is -2.41. The van der Waals surface area contributed by atoms with Gasteiger partial charge in [-0.05, 0) is 74.7 Å². The smallest absolute Gasteiger partial charge is 0.0159 e. The minimum Gasteiger partial charge on any atom is -0.103 e. The fourth-order valence-corrected chi connectivity index (χ4v) is 4.28. The Balaban J connectivity index is 1.66. The Kier molecular flexibility index (Phi) is 3.77. The minimum atomic E-state index is 0.803. The first-order chi connectivity index (χ1) is 9.26. The summed E-state index contributed by atoms with van der Waals surface area (Å²) in [7, 11) is 0. The zero-order chi connectivity index (χ0) is 13.2. The van der Waals surface area contributed by atoms with Gasteiger partial charge < -0.3 is 0 Å². The van der Waals surface area contributed by atoms with Gasteiger partial charge in [0.25, 0.3) is 0 Å². The van der Waals surface area contributed by atoms with Crippen molar-refractivity contribution in [3.05, 3.63) is 48.0 Å². The topological polar surface area (TPSA) is 0 Å². The van der Waals surface area contributed by atoms with E-state index in [2.05, 4.69) is 43.8 Å². The van der Waals surface area contributed by atoms with Crippen molar-refractivity contribution in [2.24, 2.45) is 17.8 Å². The summed E-state index contributed by atoms with van der Waals surface area (Å²) in [5.41, 5.74) is 2.96. The van der Waals surface area contributed by atoms with Gasteiger partial charge in [-0.1, -0.05) is 35.9 Å². The minimum absolute atomic E-state index is 0.803. The molecule has 0 N–H and O–H groups in total. The summed E-state index contributed by atoms with van der Waals surface area (Å²) >= 11 is 0. The predicted molar refractivity (Wildman–Crippen MR) is 82.3 cm³/mol. The highest BCUT2D eigenvalue weighted by Crippen LogP contribution is 2.47. The van der Waals surface area contributed by atoms with Crippen LogP contribution >= 0.6 is 0 Å². The van der Waals surface area contributed by atoms with Gasteiger partial charge in [0.2, 0.25) is 0 Å². The van der Waals surface area contributed by atoms with Crippen LogP contribution in [0, 0.1) is 24.7 Å². The van der Waals surface area contributed by atoms with E-state index in [0.717, 1.165) is 23.7 Å². The van der Waals surface area contributed by atoms with Gasteiger partial charge in [0, 0.05) is 0 Å². The zero-order valence-electron chi connectivity index (χ0n) is 12.1. The second-order valence-corrected chi connectivity index (χ2v) is 6.75. The van der Waals surface area contributed by atoms with Crippen molar-refractivity contribution in [2.45, 2.75) is 51.4 Å². The lowest BCUT2D eigenvalue weighted by Crippen LogP contribution is -2.29. The Morgan fingerprint density at radius 1 is 0.947 bits per heavy atom. The molecule has 0 nitrogen and oxygen atoms in total. The molecule has 1 aromatic carbocycles. The summed E-state index contributed by atoms with van der Waals surface area (Å²) in [5, 5.41) is 0. The third-order valence-corrected chi connectivity index (χ3v) is 5.54. The SMILES string of the molecule is C=C[C@@H]1CC[C@@H]2CC(c3ccc(C)cc3)CC[C@@H]2C1. The maximum Gasteiger partial charge on any atom is -0.0159 e. The predicted octanol–water partition coefficient (Wildman–Crippen LogP) is 5.48. The Hall–Kier alpha value is -1.04. The van der Waals surface area contributed by atoms with Crippen molar-refractivity contribution >= 4 is 0 Å². The molecule has 3 rings (SSSR count). The second-order valence-electron chi connectivity index (χ2n) is 6.75. The van der Waals surface area contributed by atoms with E-state index in [1.165, 1.54) is 44.1 Å². The third-order valence-electron chi connectivity index (χ3n) is 5.54. The third kappa shape index (κ3) is 2.78. The molecule has 2 aliphatic carbocycles. The van der Waals surface area contributed by atoms with Gasteiger partial charge in [-0.25, -0.2) is 0 Å². The molecule has 19 heavy (non-hydrogen) atoms. The molecule has 0 heterocycles. The number of aryl methyl sites for hydroxylation is 1. The number of fused-ring (bicyclic) bond motifs is 1. The van der Waals surface area contributed by atoms with Crippen LogP contribution in [0.15, 0.2) is 36.9 Å². The molecular formula is C19H26. The highest BCUT2D eigenvalue weighted by molar-refractivity contribution is 5.25. The van der Waals surface area contributed by atoms with Crippen LogP contribution in [0.25, 0.3) is 0 Å². The number of hydrogen-bond donors (Lipinski definition) is 0. The van der Waals surface area contributed by atoms with Gasteiger partial charge in [0.05, 0.1) is 0 Å². The molecule has 0 bridgehead atoms. The molecule has 1 unspecified atom stereocenters. The Labute approximate surface area is 117 Å². The van der Waals surface area contributed by atoms with Crippen LogP contribution in [-0.2, 0) is 0 Å². The van der Waals surface area contributed by atoms with Gasteiger partial charge in [-0.15, -0.1) is 6.58 Å². The maximum atomic E-state index is 3.99. The van der Waals surface area contributed by atoms with Gasteiger partial charge in [-0.3, -0.25) is 0 Å². The number of allylic oxidation sites excluding steroid dienone is 1.